The molecule has 2 rings (SSSR count). The van der Waals surface area contributed by atoms with Crippen molar-refractivity contribution in [1.29, 1.82) is 0 Å². The standard InChI is InChI=1S/C30H44O3/c1-21(2)11-8-12-22(3)13-9-14-23(4)15-10-16-24(5)19-20-27-28(31)25-17-6-7-18-26(25)29(32)30(27)33/h6-7,17-19,21-23,31H,8-16,20H2,1-5H3/b24-19+/t22-,23-/m1/s1. The van der Waals surface area contributed by atoms with Gasteiger partial charge in [-0.05, 0) is 43.9 Å². The maximum Gasteiger partial charge on any atom is 0.234 e. The zero-order valence-electron chi connectivity index (χ0n) is 21.5. The van der Waals surface area contributed by atoms with Gasteiger partial charge in [0.2, 0.25) is 11.6 Å². The molecule has 0 amide bonds. The van der Waals surface area contributed by atoms with E-state index in [0.717, 1.165) is 30.6 Å². The Kier molecular flexibility index (Phi) is 11.1. The van der Waals surface area contributed by atoms with Crippen LogP contribution in [0.25, 0.3) is 5.76 Å². The number of hydrogen-bond donors (Lipinski definition) is 1. The van der Waals surface area contributed by atoms with E-state index in [1.807, 2.05) is 6.08 Å². The molecule has 0 saturated heterocycles. The monoisotopic (exact) mass is 452 g/mol. The first-order valence-electron chi connectivity index (χ1n) is 13.0. The lowest BCUT2D eigenvalue weighted by molar-refractivity contribution is -0.112. The zero-order chi connectivity index (χ0) is 24.4. The highest BCUT2D eigenvalue weighted by Crippen LogP contribution is 2.30. The molecular formula is C30H44O3. The molecule has 1 N–H and O–H groups in total. The predicted octanol–water partition coefficient (Wildman–Crippen LogP) is 8.50. The fraction of sp³-hybridized carbons (Fsp3) is 0.600. The highest BCUT2D eigenvalue weighted by molar-refractivity contribution is 6.52. The van der Waals surface area contributed by atoms with E-state index in [2.05, 4.69) is 34.6 Å². The highest BCUT2D eigenvalue weighted by atomic mass is 16.3. The van der Waals surface area contributed by atoms with Crippen LogP contribution in [0.2, 0.25) is 0 Å². The third-order valence-electron chi connectivity index (χ3n) is 6.99. The molecule has 0 bridgehead atoms. The molecule has 1 aliphatic carbocycles. The number of fused-ring (bicyclic) bond motifs is 1. The van der Waals surface area contributed by atoms with E-state index in [9.17, 15) is 14.7 Å². The summed E-state index contributed by atoms with van der Waals surface area (Å²) >= 11 is 0. The van der Waals surface area contributed by atoms with Gasteiger partial charge in [0.1, 0.15) is 5.76 Å². The average molecular weight is 453 g/mol. The number of Topliss-reactive ketones (excluding diaryl/α,β-unsaturated/α-hetero) is 2. The molecule has 0 fully saturated rings. The SMILES string of the molecule is C/C(=C\CC1=C(O)c2ccccc2C(=O)C1=O)CCC[C@H](C)CCC[C@H](C)CCCC(C)C. The molecule has 1 aliphatic rings. The summed E-state index contributed by atoms with van der Waals surface area (Å²) in [6.45, 7) is 11.4. The van der Waals surface area contributed by atoms with E-state index in [4.69, 9.17) is 0 Å². The van der Waals surface area contributed by atoms with E-state index in [1.165, 1.54) is 50.5 Å². The lowest BCUT2D eigenvalue weighted by Gasteiger charge is -2.17. The summed E-state index contributed by atoms with van der Waals surface area (Å²) in [4.78, 5) is 24.8. The van der Waals surface area contributed by atoms with Crippen molar-refractivity contribution in [3.63, 3.8) is 0 Å². The number of benzene rings is 1. The Morgan fingerprint density at radius 3 is 1.97 bits per heavy atom. The van der Waals surface area contributed by atoms with Gasteiger partial charge >= 0.3 is 0 Å². The Morgan fingerprint density at radius 2 is 1.36 bits per heavy atom. The van der Waals surface area contributed by atoms with Crippen LogP contribution in [0.15, 0.2) is 41.5 Å². The van der Waals surface area contributed by atoms with Crippen molar-refractivity contribution in [2.24, 2.45) is 17.8 Å². The first-order chi connectivity index (χ1) is 15.7. The van der Waals surface area contributed by atoms with Crippen LogP contribution in [-0.4, -0.2) is 16.7 Å². The maximum absolute atomic E-state index is 12.5. The Hall–Kier alpha value is -2.16. The second-order valence-electron chi connectivity index (χ2n) is 10.6. The first kappa shape index (κ1) is 27.1. The topological polar surface area (TPSA) is 54.4 Å². The van der Waals surface area contributed by atoms with Crippen molar-refractivity contribution >= 4 is 17.3 Å². The summed E-state index contributed by atoms with van der Waals surface area (Å²) in [6.07, 6.45) is 13.7. The second-order valence-corrected chi connectivity index (χ2v) is 10.6. The van der Waals surface area contributed by atoms with Gasteiger partial charge in [-0.25, -0.2) is 0 Å². The van der Waals surface area contributed by atoms with Crippen molar-refractivity contribution in [3.05, 3.63) is 52.6 Å². The Balaban J connectivity index is 1.72. The molecule has 0 saturated carbocycles. The van der Waals surface area contributed by atoms with Crippen molar-refractivity contribution in [2.45, 2.75) is 98.8 Å². The fourth-order valence-corrected chi connectivity index (χ4v) is 4.69. The molecule has 3 heteroatoms. The normalized spacial score (nSPS) is 16.4. The summed E-state index contributed by atoms with van der Waals surface area (Å²) in [5.41, 5.74) is 2.18. The minimum absolute atomic E-state index is 0.0497. The van der Waals surface area contributed by atoms with E-state index >= 15 is 0 Å². The van der Waals surface area contributed by atoms with Gasteiger partial charge in [0.15, 0.2) is 0 Å². The van der Waals surface area contributed by atoms with Gasteiger partial charge in [0.25, 0.3) is 0 Å². The van der Waals surface area contributed by atoms with E-state index in [0.29, 0.717) is 17.5 Å². The molecule has 0 aliphatic heterocycles. The summed E-state index contributed by atoms with van der Waals surface area (Å²) in [6, 6.07) is 6.77. The Labute approximate surface area is 201 Å². The van der Waals surface area contributed by atoms with Crippen LogP contribution in [0.3, 0.4) is 0 Å². The molecule has 0 unspecified atom stereocenters. The molecule has 3 nitrogen and oxygen atoms in total. The minimum atomic E-state index is -0.581. The van der Waals surface area contributed by atoms with Crippen LogP contribution >= 0.6 is 0 Å². The van der Waals surface area contributed by atoms with Gasteiger partial charge in [-0.2, -0.15) is 0 Å². The van der Waals surface area contributed by atoms with Gasteiger partial charge in [-0.1, -0.05) is 109 Å². The Bertz CT molecular complexity index is 859. The van der Waals surface area contributed by atoms with Gasteiger partial charge in [-0.3, -0.25) is 9.59 Å². The number of rotatable bonds is 14. The lowest BCUT2D eigenvalue weighted by atomic mass is 9.86. The number of carbonyl (C=O) groups excluding carboxylic acids is 2. The van der Waals surface area contributed by atoms with Crippen LogP contribution in [0, 0.1) is 17.8 Å². The van der Waals surface area contributed by atoms with Gasteiger partial charge < -0.3 is 5.11 Å². The quantitative estimate of drug-likeness (QED) is 0.227. The maximum atomic E-state index is 12.5. The molecule has 33 heavy (non-hydrogen) atoms. The summed E-state index contributed by atoms with van der Waals surface area (Å²) in [5.74, 6) is 1.25. The number of allylic oxidation sites excluding steroid dienone is 3. The predicted molar refractivity (Wildman–Crippen MR) is 138 cm³/mol. The number of hydrogen-bond acceptors (Lipinski definition) is 3. The van der Waals surface area contributed by atoms with E-state index in [1.54, 1.807) is 24.3 Å². The average Bonchev–Trinajstić information content (AvgIpc) is 2.77. The smallest absolute Gasteiger partial charge is 0.234 e. The van der Waals surface area contributed by atoms with Crippen LogP contribution in [-0.2, 0) is 4.79 Å². The molecule has 1 aromatic rings. The second kappa shape index (κ2) is 13.5. The van der Waals surface area contributed by atoms with Crippen molar-refractivity contribution in [2.75, 3.05) is 0 Å². The number of carbonyl (C=O) groups is 2. The number of aliphatic hydroxyl groups excluding tert-OH is 1. The van der Waals surface area contributed by atoms with Gasteiger partial charge in [0, 0.05) is 16.7 Å². The largest absolute Gasteiger partial charge is 0.507 e. The molecule has 0 aromatic heterocycles. The third kappa shape index (κ3) is 8.61. The number of aliphatic hydroxyl groups is 1. The van der Waals surface area contributed by atoms with Crippen molar-refractivity contribution in [1.82, 2.24) is 0 Å². The van der Waals surface area contributed by atoms with Crippen LogP contribution in [0.5, 0.6) is 0 Å². The first-order valence-corrected chi connectivity index (χ1v) is 13.0. The molecule has 0 spiro atoms. The van der Waals surface area contributed by atoms with Crippen LogP contribution in [0.1, 0.15) is 115 Å². The Morgan fingerprint density at radius 1 is 0.818 bits per heavy atom. The van der Waals surface area contributed by atoms with Crippen LogP contribution < -0.4 is 0 Å². The van der Waals surface area contributed by atoms with Crippen molar-refractivity contribution < 1.29 is 14.7 Å². The van der Waals surface area contributed by atoms with Gasteiger partial charge in [-0.15, -0.1) is 0 Å². The van der Waals surface area contributed by atoms with E-state index in [-0.39, 0.29) is 11.3 Å². The summed E-state index contributed by atoms with van der Waals surface area (Å²) in [7, 11) is 0. The molecule has 1 aromatic carbocycles. The van der Waals surface area contributed by atoms with E-state index < -0.39 is 11.6 Å². The molecular weight excluding hydrogens is 408 g/mol. The lowest BCUT2D eigenvalue weighted by Crippen LogP contribution is -2.23. The van der Waals surface area contributed by atoms with Crippen LogP contribution in [0.4, 0.5) is 0 Å². The zero-order valence-corrected chi connectivity index (χ0v) is 21.5. The molecule has 0 radical (unpaired) electrons. The third-order valence-corrected chi connectivity index (χ3v) is 6.99. The van der Waals surface area contributed by atoms with Gasteiger partial charge in [0.05, 0.1) is 0 Å². The molecule has 2 atom stereocenters. The summed E-state index contributed by atoms with van der Waals surface area (Å²) in [5, 5.41) is 10.5. The van der Waals surface area contributed by atoms with Crippen molar-refractivity contribution in [3.8, 4) is 0 Å². The highest BCUT2D eigenvalue weighted by Gasteiger charge is 2.31. The summed E-state index contributed by atoms with van der Waals surface area (Å²) < 4.78 is 0. The fourth-order valence-electron chi connectivity index (χ4n) is 4.69. The molecule has 0 heterocycles. The minimum Gasteiger partial charge on any atom is -0.507 e. The number of ketones is 2. The molecule has 182 valence electrons.